The van der Waals surface area contributed by atoms with Gasteiger partial charge in [-0.1, -0.05) is 80.3 Å². The molecule has 3 atom stereocenters. The second-order valence-electron chi connectivity index (χ2n) is 13.9. The van der Waals surface area contributed by atoms with Gasteiger partial charge in [0, 0.05) is 51.5 Å². The van der Waals surface area contributed by atoms with Gasteiger partial charge in [0.25, 0.3) is 0 Å². The van der Waals surface area contributed by atoms with Crippen LogP contribution in [0.4, 0.5) is 10.4 Å². The highest BCUT2D eigenvalue weighted by Gasteiger charge is 2.25. The van der Waals surface area contributed by atoms with Crippen LogP contribution in [0, 0.1) is 5.92 Å². The summed E-state index contributed by atoms with van der Waals surface area (Å²) in [5, 5.41) is 2.81. The van der Waals surface area contributed by atoms with Crippen molar-refractivity contribution in [3.63, 3.8) is 0 Å². The Bertz CT molecular complexity index is 1860. The Morgan fingerprint density at radius 2 is 1.12 bits per heavy atom. The molecule has 0 fully saturated rings. The highest BCUT2D eigenvalue weighted by molar-refractivity contribution is 7.87. The molecule has 4 rings (SSSR count). The zero-order valence-corrected chi connectivity index (χ0v) is 35.4. The van der Waals surface area contributed by atoms with Crippen molar-refractivity contribution in [2.24, 2.45) is 5.92 Å². The molecule has 0 aromatic heterocycles. The number of nitrogens with one attached hydrogen (secondary N) is 1. The third-order valence-corrected chi connectivity index (χ3v) is 10.5. The largest absolute Gasteiger partial charge is 0.493 e. The van der Waals surface area contributed by atoms with Crippen molar-refractivity contribution in [1.82, 2.24) is 0 Å². The molecule has 1 N–H and O–H groups in total. The summed E-state index contributed by atoms with van der Waals surface area (Å²) < 4.78 is 52.2. The van der Waals surface area contributed by atoms with Crippen molar-refractivity contribution in [3.05, 3.63) is 115 Å². The molecule has 0 aliphatic carbocycles. The molecule has 0 aliphatic heterocycles. The summed E-state index contributed by atoms with van der Waals surface area (Å²) in [5.74, 6) is 1.88. The van der Waals surface area contributed by atoms with Gasteiger partial charge in [-0.3, -0.25) is 19.1 Å². The third-order valence-electron chi connectivity index (χ3n) is 9.28. The van der Waals surface area contributed by atoms with Crippen LogP contribution >= 0.6 is 0 Å². The van der Waals surface area contributed by atoms with E-state index >= 15 is 0 Å². The fraction of sp³-hybridized carbons (Fsp3) is 0.413. The first-order chi connectivity index (χ1) is 28.0. The monoisotopic (exact) mass is 837 g/mol. The van der Waals surface area contributed by atoms with Gasteiger partial charge in [0.15, 0.2) is 0 Å². The van der Waals surface area contributed by atoms with Crippen LogP contribution in [0.25, 0.3) is 0 Å². The number of halogens is 1. The van der Waals surface area contributed by atoms with Crippen LogP contribution in [0.1, 0.15) is 78.1 Å². The Hall–Kier alpha value is -5.11. The molecular formula is C46H60FNO10S. The van der Waals surface area contributed by atoms with Gasteiger partial charge in [-0.05, 0) is 87.4 Å². The lowest BCUT2D eigenvalue weighted by Crippen LogP contribution is -2.30. The maximum Gasteiger partial charge on any atom is 0.339 e. The molecule has 0 bridgehead atoms. The first-order valence-electron chi connectivity index (χ1n) is 19.8. The molecule has 3 unspecified atom stereocenters. The first kappa shape index (κ1) is 50.0. The van der Waals surface area contributed by atoms with Crippen molar-refractivity contribution in [1.29, 1.82) is 0 Å². The Kier molecular flexibility index (Phi) is 24.0. The fourth-order valence-electron chi connectivity index (χ4n) is 6.15. The van der Waals surface area contributed by atoms with E-state index in [1.165, 1.54) is 12.1 Å². The number of benzene rings is 4. The van der Waals surface area contributed by atoms with Crippen molar-refractivity contribution >= 4 is 33.3 Å². The van der Waals surface area contributed by atoms with Gasteiger partial charge in [-0.15, -0.1) is 0 Å². The molecule has 0 radical (unpaired) electrons. The van der Waals surface area contributed by atoms with Crippen LogP contribution in [0.15, 0.2) is 120 Å². The average molecular weight is 838 g/mol. The predicted octanol–water partition coefficient (Wildman–Crippen LogP) is 9.41. The number of Topliss-reactive ketones (excluding diaryl/α,β-unsaturated/α-hetero) is 2. The van der Waals surface area contributed by atoms with Crippen LogP contribution in [-0.2, 0) is 34.0 Å². The van der Waals surface area contributed by atoms with Gasteiger partial charge >= 0.3 is 10.1 Å². The first-order valence-corrected chi connectivity index (χ1v) is 21.2. The molecule has 0 saturated carbocycles. The van der Waals surface area contributed by atoms with Crippen LogP contribution in [0.2, 0.25) is 0 Å². The van der Waals surface area contributed by atoms with Gasteiger partial charge in [-0.25, -0.2) is 0 Å². The average Bonchev–Trinajstić information content (AvgIpc) is 3.21. The summed E-state index contributed by atoms with van der Waals surface area (Å²) >= 11 is 0. The summed E-state index contributed by atoms with van der Waals surface area (Å²) in [4.78, 5) is 35.6. The minimum Gasteiger partial charge on any atom is -0.493 e. The third kappa shape index (κ3) is 20.4. The zero-order chi connectivity index (χ0) is 42.0. The second-order valence-corrected chi connectivity index (χ2v) is 15.4. The van der Waals surface area contributed by atoms with E-state index in [2.05, 4.69) is 5.32 Å². The highest BCUT2D eigenvalue weighted by atomic mass is 32.2. The number of para-hydroxylation sites is 3. The number of rotatable bonds is 26. The lowest BCUT2D eigenvalue weighted by atomic mass is 9.90. The second kappa shape index (κ2) is 28.3. The number of hydrogen-bond acceptors (Lipinski definition) is 10. The number of amides is 1. The fourth-order valence-corrected chi connectivity index (χ4v) is 7.08. The minimum atomic E-state index is -3.96. The molecular weight excluding hydrogens is 778 g/mol. The van der Waals surface area contributed by atoms with Gasteiger partial charge < -0.3 is 28.4 Å². The van der Waals surface area contributed by atoms with E-state index in [1.807, 2.05) is 60.7 Å². The molecule has 4 aromatic carbocycles. The summed E-state index contributed by atoms with van der Waals surface area (Å²) in [5.41, 5.74) is 0.524. The van der Waals surface area contributed by atoms with Gasteiger partial charge in [0.05, 0.1) is 25.4 Å². The highest BCUT2D eigenvalue weighted by Crippen LogP contribution is 2.23. The van der Waals surface area contributed by atoms with E-state index in [1.54, 1.807) is 70.5 Å². The standard InChI is InChI=1S/C33H41NO7S.C13H18O3.FH/c1-26(35)31(32(39-2)24-25-40-28-14-8-6-9-15-28)18-12-4-3-5-13-19-33(36)34-27-20-22-30(23-21-27)42(37,38)41-29-16-10-7-11-17-29;1-11(14)10-13(15-2)8-9-16-12-6-4-3-5-7-12;/h6-11,14-17,20-23,31-32H,3-5,12-13,18-19,24-25H2,1-2H3,(H,34,36);3-7,13H,8-10H2,1-2H3;1H. The van der Waals surface area contributed by atoms with Crippen molar-refractivity contribution in [3.8, 4) is 17.2 Å². The van der Waals surface area contributed by atoms with E-state index in [0.29, 0.717) is 38.2 Å². The van der Waals surface area contributed by atoms with Crippen molar-refractivity contribution in [2.75, 3.05) is 32.8 Å². The van der Waals surface area contributed by atoms with Crippen LogP contribution in [-0.4, -0.2) is 65.5 Å². The number of unbranched alkanes of at least 4 members (excludes halogenated alkanes) is 4. The number of ether oxygens (including phenoxy) is 4. The topological polar surface area (TPSA) is 144 Å². The number of ketones is 2. The minimum absolute atomic E-state index is 0. The normalized spacial score (nSPS) is 12.3. The van der Waals surface area contributed by atoms with Gasteiger partial charge in [-0.2, -0.15) is 8.42 Å². The van der Waals surface area contributed by atoms with Crippen molar-refractivity contribution in [2.45, 2.75) is 95.2 Å². The van der Waals surface area contributed by atoms with Crippen LogP contribution < -0.4 is 19.0 Å². The number of methoxy groups -OCH3 is 2. The summed E-state index contributed by atoms with van der Waals surface area (Å²) in [6, 6.07) is 33.4. The smallest absolute Gasteiger partial charge is 0.339 e. The molecule has 0 spiro atoms. The maximum absolute atomic E-state index is 12.5. The summed E-state index contributed by atoms with van der Waals surface area (Å²) in [6.07, 6.45) is 7.26. The van der Waals surface area contributed by atoms with E-state index in [4.69, 9.17) is 23.1 Å². The quantitative estimate of drug-likeness (QED) is 0.0480. The molecule has 4 aromatic rings. The SMILES string of the molecule is COC(CCOc1ccccc1)C(CCCCCCCC(=O)Nc1ccc(S(=O)(=O)Oc2ccccc2)cc1)C(C)=O.COC(CCOc1ccccc1)CC(C)=O.F. The number of carbonyl (C=O) groups is 3. The van der Waals surface area contributed by atoms with Crippen LogP contribution in [0.5, 0.6) is 17.2 Å². The number of anilines is 1. The zero-order valence-electron chi connectivity index (χ0n) is 34.6. The van der Waals surface area contributed by atoms with E-state index in [-0.39, 0.29) is 50.9 Å². The Labute approximate surface area is 349 Å². The predicted molar refractivity (Wildman–Crippen MR) is 228 cm³/mol. The Morgan fingerprint density at radius 3 is 1.63 bits per heavy atom. The number of hydrogen-bond donors (Lipinski definition) is 1. The van der Waals surface area contributed by atoms with E-state index in [0.717, 1.165) is 56.4 Å². The molecule has 11 nitrogen and oxygen atoms in total. The lowest BCUT2D eigenvalue weighted by molar-refractivity contribution is -0.126. The molecule has 0 saturated heterocycles. The van der Waals surface area contributed by atoms with E-state index < -0.39 is 10.1 Å². The Morgan fingerprint density at radius 1 is 0.610 bits per heavy atom. The van der Waals surface area contributed by atoms with Gasteiger partial charge in [0.2, 0.25) is 5.91 Å². The molecule has 0 heterocycles. The van der Waals surface area contributed by atoms with Crippen LogP contribution in [0.3, 0.4) is 0 Å². The van der Waals surface area contributed by atoms with E-state index in [9.17, 15) is 22.8 Å². The lowest BCUT2D eigenvalue weighted by Gasteiger charge is -2.24. The maximum atomic E-state index is 12.5. The number of carbonyl (C=O) groups excluding carboxylic acids is 3. The molecule has 59 heavy (non-hydrogen) atoms. The molecule has 13 heteroatoms. The molecule has 322 valence electrons. The summed E-state index contributed by atoms with van der Waals surface area (Å²) in [6.45, 7) is 4.25. The summed E-state index contributed by atoms with van der Waals surface area (Å²) in [7, 11) is -0.695. The molecule has 1 amide bonds. The van der Waals surface area contributed by atoms with Crippen molar-refractivity contribution < 1.29 is 50.6 Å². The Balaban J connectivity index is 0.000000592. The van der Waals surface area contributed by atoms with Gasteiger partial charge in [0.1, 0.15) is 33.7 Å². The molecule has 0 aliphatic rings.